The molecule has 2 aromatic rings. The smallest absolute Gasteiger partial charge is 0.210 e. The Morgan fingerprint density at radius 1 is 1.35 bits per heavy atom. The second-order valence-corrected chi connectivity index (χ2v) is 5.50. The van der Waals surface area contributed by atoms with Crippen LogP contribution in [0, 0.1) is 0 Å². The van der Waals surface area contributed by atoms with E-state index in [0.717, 1.165) is 12.8 Å². The third-order valence-electron chi connectivity index (χ3n) is 2.99. The van der Waals surface area contributed by atoms with Gasteiger partial charge in [-0.15, -0.1) is 5.10 Å². The number of aromatic nitrogens is 4. The summed E-state index contributed by atoms with van der Waals surface area (Å²) >= 11 is 1.27. The van der Waals surface area contributed by atoms with Gasteiger partial charge in [-0.05, 0) is 41.5 Å². The Labute approximate surface area is 118 Å². The maximum absolute atomic E-state index is 12.0. The Balaban J connectivity index is 1.66. The van der Waals surface area contributed by atoms with Gasteiger partial charge >= 0.3 is 0 Å². The van der Waals surface area contributed by atoms with Gasteiger partial charge in [-0.1, -0.05) is 11.8 Å². The largest absolute Gasteiger partial charge is 0.504 e. The lowest BCUT2D eigenvalue weighted by Crippen LogP contribution is -2.05. The van der Waals surface area contributed by atoms with Crippen LogP contribution < -0.4 is 0 Å². The van der Waals surface area contributed by atoms with Crippen molar-refractivity contribution in [3.63, 3.8) is 0 Å². The molecule has 1 heterocycles. The van der Waals surface area contributed by atoms with E-state index in [4.69, 9.17) is 0 Å². The molecule has 0 atom stereocenters. The number of rotatable bonds is 5. The van der Waals surface area contributed by atoms with Crippen LogP contribution in [0.5, 0.6) is 11.5 Å². The number of phenolic OH excluding ortho intramolecular Hbond substituents is 2. The van der Waals surface area contributed by atoms with Crippen LogP contribution in [0.1, 0.15) is 29.2 Å². The lowest BCUT2D eigenvalue weighted by atomic mass is 10.1. The van der Waals surface area contributed by atoms with E-state index in [1.807, 2.05) is 0 Å². The average Bonchev–Trinajstić information content (AvgIpc) is 3.18. The second-order valence-electron chi connectivity index (χ2n) is 4.55. The van der Waals surface area contributed by atoms with Crippen LogP contribution in [0.4, 0.5) is 0 Å². The first-order chi connectivity index (χ1) is 9.65. The molecule has 104 valence electrons. The van der Waals surface area contributed by atoms with Crippen molar-refractivity contribution >= 4 is 17.5 Å². The van der Waals surface area contributed by atoms with Crippen molar-refractivity contribution in [2.75, 3.05) is 5.75 Å². The molecular formula is C12H12N4O3S. The summed E-state index contributed by atoms with van der Waals surface area (Å²) in [7, 11) is 0. The van der Waals surface area contributed by atoms with Crippen molar-refractivity contribution in [1.82, 2.24) is 20.2 Å². The number of carbonyl (C=O) groups excluding carboxylic acids is 1. The highest BCUT2D eigenvalue weighted by Crippen LogP contribution is 2.36. The van der Waals surface area contributed by atoms with Crippen molar-refractivity contribution in [3.05, 3.63) is 23.8 Å². The van der Waals surface area contributed by atoms with Gasteiger partial charge in [0, 0.05) is 5.56 Å². The molecule has 1 aliphatic carbocycles. The number of aromatic hydroxyl groups is 2. The minimum atomic E-state index is -0.302. The SMILES string of the molecule is O=C(CSc1nnnn1C1CC1)c1ccc(O)c(O)c1. The molecule has 1 aliphatic rings. The van der Waals surface area contributed by atoms with E-state index in [9.17, 15) is 15.0 Å². The fourth-order valence-electron chi connectivity index (χ4n) is 1.74. The Kier molecular flexibility index (Phi) is 3.31. The number of hydrogen-bond acceptors (Lipinski definition) is 7. The number of benzene rings is 1. The molecule has 0 amide bonds. The molecule has 1 saturated carbocycles. The Bertz CT molecular complexity index is 654. The van der Waals surface area contributed by atoms with Gasteiger partial charge in [0.05, 0.1) is 11.8 Å². The Morgan fingerprint density at radius 3 is 2.85 bits per heavy atom. The number of Topliss-reactive ketones (excluding diaryl/α,β-unsaturated/α-hetero) is 1. The maximum atomic E-state index is 12.0. The maximum Gasteiger partial charge on any atom is 0.210 e. The zero-order chi connectivity index (χ0) is 14.1. The molecule has 7 nitrogen and oxygen atoms in total. The number of thioether (sulfide) groups is 1. The summed E-state index contributed by atoms with van der Waals surface area (Å²) in [6.07, 6.45) is 2.14. The van der Waals surface area contributed by atoms with Crippen LogP contribution in [-0.4, -0.2) is 42.0 Å². The van der Waals surface area contributed by atoms with Crippen molar-refractivity contribution in [2.24, 2.45) is 0 Å². The summed E-state index contributed by atoms with van der Waals surface area (Å²) in [5.74, 6) is -0.525. The standard InChI is InChI=1S/C12H12N4O3S/c17-9-4-1-7(5-10(9)18)11(19)6-20-12-13-14-15-16(12)8-2-3-8/h1,4-5,8,17-18H,2-3,6H2. The molecule has 1 fully saturated rings. The van der Waals surface area contributed by atoms with Gasteiger partial charge in [0.25, 0.3) is 0 Å². The van der Waals surface area contributed by atoms with E-state index in [1.165, 1.54) is 30.0 Å². The topological polar surface area (TPSA) is 101 Å². The molecule has 1 aromatic carbocycles. The second kappa shape index (κ2) is 5.12. The minimum Gasteiger partial charge on any atom is -0.504 e. The number of tetrazole rings is 1. The highest BCUT2D eigenvalue weighted by molar-refractivity contribution is 7.99. The molecule has 0 unspecified atom stereocenters. The normalized spacial score (nSPS) is 14.4. The monoisotopic (exact) mass is 292 g/mol. The van der Waals surface area contributed by atoms with Crippen LogP contribution >= 0.6 is 11.8 Å². The lowest BCUT2D eigenvalue weighted by Gasteiger charge is -2.03. The summed E-state index contributed by atoms with van der Waals surface area (Å²) in [5, 5.41) is 30.6. The van der Waals surface area contributed by atoms with Gasteiger partial charge in [-0.3, -0.25) is 4.79 Å². The molecule has 1 aromatic heterocycles. The van der Waals surface area contributed by atoms with E-state index in [-0.39, 0.29) is 23.0 Å². The average molecular weight is 292 g/mol. The third-order valence-corrected chi connectivity index (χ3v) is 3.92. The van der Waals surface area contributed by atoms with Gasteiger partial charge in [-0.25, -0.2) is 4.68 Å². The molecule has 2 N–H and O–H groups in total. The number of hydrogen-bond donors (Lipinski definition) is 2. The van der Waals surface area contributed by atoms with Crippen molar-refractivity contribution in [3.8, 4) is 11.5 Å². The fraction of sp³-hybridized carbons (Fsp3) is 0.333. The van der Waals surface area contributed by atoms with Crippen LogP contribution in [0.15, 0.2) is 23.4 Å². The molecule has 0 aliphatic heterocycles. The van der Waals surface area contributed by atoms with E-state index in [1.54, 1.807) is 4.68 Å². The predicted molar refractivity (Wildman–Crippen MR) is 70.9 cm³/mol. The molecule has 0 bridgehead atoms. The Hall–Kier alpha value is -2.09. The molecule has 3 rings (SSSR count). The minimum absolute atomic E-state index is 0.157. The molecule has 0 spiro atoms. The fourth-order valence-corrected chi connectivity index (χ4v) is 2.58. The summed E-state index contributed by atoms with van der Waals surface area (Å²) in [6, 6.07) is 4.38. The van der Waals surface area contributed by atoms with Crippen LogP contribution in [0.2, 0.25) is 0 Å². The first-order valence-corrected chi connectivity index (χ1v) is 7.09. The van der Waals surface area contributed by atoms with Crippen LogP contribution in [0.25, 0.3) is 0 Å². The van der Waals surface area contributed by atoms with Crippen molar-refractivity contribution in [1.29, 1.82) is 0 Å². The van der Waals surface area contributed by atoms with Crippen LogP contribution in [0.3, 0.4) is 0 Å². The molecule has 0 radical (unpaired) electrons. The van der Waals surface area contributed by atoms with E-state index in [2.05, 4.69) is 15.5 Å². The first kappa shape index (κ1) is 12.9. The van der Waals surface area contributed by atoms with Crippen molar-refractivity contribution < 1.29 is 15.0 Å². The predicted octanol–water partition coefficient (Wildman–Crippen LogP) is 1.39. The summed E-state index contributed by atoms with van der Waals surface area (Å²) in [5.41, 5.74) is 0.346. The number of carbonyl (C=O) groups is 1. The zero-order valence-corrected chi connectivity index (χ0v) is 11.2. The van der Waals surface area contributed by atoms with E-state index in [0.29, 0.717) is 16.8 Å². The van der Waals surface area contributed by atoms with Gasteiger partial charge in [-0.2, -0.15) is 0 Å². The van der Waals surface area contributed by atoms with E-state index >= 15 is 0 Å². The Morgan fingerprint density at radius 2 is 2.15 bits per heavy atom. The zero-order valence-electron chi connectivity index (χ0n) is 10.4. The quantitative estimate of drug-likeness (QED) is 0.488. The first-order valence-electron chi connectivity index (χ1n) is 6.11. The molecule has 20 heavy (non-hydrogen) atoms. The molecular weight excluding hydrogens is 280 g/mol. The summed E-state index contributed by atoms with van der Waals surface area (Å²) in [4.78, 5) is 12.0. The van der Waals surface area contributed by atoms with Crippen LogP contribution in [-0.2, 0) is 0 Å². The number of phenols is 2. The number of nitrogens with zero attached hydrogens (tertiary/aromatic N) is 4. The van der Waals surface area contributed by atoms with Gasteiger partial charge in [0.15, 0.2) is 17.3 Å². The summed E-state index contributed by atoms with van der Waals surface area (Å²) < 4.78 is 1.74. The highest BCUT2D eigenvalue weighted by atomic mass is 32.2. The third kappa shape index (κ3) is 2.60. The van der Waals surface area contributed by atoms with Gasteiger partial charge < -0.3 is 10.2 Å². The highest BCUT2D eigenvalue weighted by Gasteiger charge is 2.28. The van der Waals surface area contributed by atoms with E-state index < -0.39 is 0 Å². The lowest BCUT2D eigenvalue weighted by molar-refractivity contribution is 0.102. The summed E-state index contributed by atoms with van der Waals surface area (Å²) in [6.45, 7) is 0. The van der Waals surface area contributed by atoms with Gasteiger partial charge in [0.2, 0.25) is 5.16 Å². The molecule has 8 heteroatoms. The van der Waals surface area contributed by atoms with Gasteiger partial charge in [0.1, 0.15) is 0 Å². The van der Waals surface area contributed by atoms with Crippen molar-refractivity contribution in [2.45, 2.75) is 24.0 Å². The number of ketones is 1. The molecule has 0 saturated heterocycles.